The molecule has 5 heteroatoms. The summed E-state index contributed by atoms with van der Waals surface area (Å²) in [6.45, 7) is 2.90. The molecule has 0 aliphatic rings. The van der Waals surface area contributed by atoms with E-state index in [1.165, 1.54) is 19.3 Å². The number of carbonyl (C=O) groups excluding carboxylic acids is 1. The van der Waals surface area contributed by atoms with E-state index < -0.39 is 0 Å². The molecular formula is C19H23N3O2. The molecule has 0 aliphatic carbocycles. The second-order valence-corrected chi connectivity index (χ2v) is 5.42. The van der Waals surface area contributed by atoms with Crippen LogP contribution in [0.1, 0.15) is 48.5 Å². The molecule has 0 fully saturated rings. The summed E-state index contributed by atoms with van der Waals surface area (Å²) in [6.07, 6.45) is 9.60. The number of rotatable bonds is 9. The standard InChI is InChI=1S/C19H23N3O2/c1-2-3-4-5-13-24-18-10-8-17(9-11-18)19(23)22-21-15-16-7-6-12-20-14-16/h6-12,14-15H,2-5,13H2,1H3,(H,22,23)/b21-15-. The van der Waals surface area contributed by atoms with Gasteiger partial charge in [0.05, 0.1) is 12.8 Å². The van der Waals surface area contributed by atoms with Gasteiger partial charge < -0.3 is 4.74 Å². The molecule has 0 unspecified atom stereocenters. The second kappa shape index (κ2) is 10.2. The molecule has 1 aromatic carbocycles. The molecule has 1 heterocycles. The number of nitrogens with one attached hydrogen (secondary N) is 1. The lowest BCUT2D eigenvalue weighted by Crippen LogP contribution is -2.17. The van der Waals surface area contributed by atoms with Crippen LogP contribution in [-0.2, 0) is 0 Å². The van der Waals surface area contributed by atoms with Crippen LogP contribution >= 0.6 is 0 Å². The molecule has 1 amide bonds. The largest absolute Gasteiger partial charge is 0.494 e. The molecule has 1 N–H and O–H groups in total. The fourth-order valence-electron chi connectivity index (χ4n) is 2.10. The molecule has 0 spiro atoms. The lowest BCUT2D eigenvalue weighted by molar-refractivity contribution is 0.0955. The molecule has 126 valence electrons. The molecule has 2 rings (SSSR count). The molecule has 0 bridgehead atoms. The van der Waals surface area contributed by atoms with Crippen LogP contribution in [0.5, 0.6) is 5.75 Å². The number of pyridine rings is 1. The van der Waals surface area contributed by atoms with E-state index in [0.717, 1.165) is 17.7 Å². The number of nitrogens with zero attached hydrogens (tertiary/aromatic N) is 2. The van der Waals surface area contributed by atoms with Crippen molar-refractivity contribution in [2.45, 2.75) is 32.6 Å². The van der Waals surface area contributed by atoms with Crippen molar-refractivity contribution in [3.63, 3.8) is 0 Å². The summed E-state index contributed by atoms with van der Waals surface area (Å²) >= 11 is 0. The monoisotopic (exact) mass is 325 g/mol. The minimum atomic E-state index is -0.260. The van der Waals surface area contributed by atoms with Gasteiger partial charge in [0.25, 0.3) is 5.91 Å². The molecule has 1 aromatic heterocycles. The lowest BCUT2D eigenvalue weighted by atomic mass is 10.2. The van der Waals surface area contributed by atoms with Gasteiger partial charge in [-0.05, 0) is 36.8 Å². The number of hydrazone groups is 1. The predicted octanol–water partition coefficient (Wildman–Crippen LogP) is 3.80. The SMILES string of the molecule is CCCCCCOc1ccc(C(=O)N/N=C\c2cccnc2)cc1. The van der Waals surface area contributed by atoms with Crippen LogP contribution in [0.3, 0.4) is 0 Å². The molecule has 2 aromatic rings. The van der Waals surface area contributed by atoms with Gasteiger partial charge in [-0.2, -0.15) is 5.10 Å². The van der Waals surface area contributed by atoms with E-state index in [0.29, 0.717) is 12.2 Å². The minimum Gasteiger partial charge on any atom is -0.494 e. The van der Waals surface area contributed by atoms with Gasteiger partial charge in [0, 0.05) is 23.5 Å². The van der Waals surface area contributed by atoms with E-state index in [9.17, 15) is 4.79 Å². The number of hydrogen-bond acceptors (Lipinski definition) is 4. The average molecular weight is 325 g/mol. The third-order valence-corrected chi connectivity index (χ3v) is 3.45. The highest BCUT2D eigenvalue weighted by Crippen LogP contribution is 2.13. The van der Waals surface area contributed by atoms with E-state index in [1.54, 1.807) is 42.9 Å². The smallest absolute Gasteiger partial charge is 0.271 e. The first-order valence-corrected chi connectivity index (χ1v) is 8.26. The molecule has 0 saturated carbocycles. The van der Waals surface area contributed by atoms with Crippen molar-refractivity contribution >= 4 is 12.1 Å². The molecule has 0 saturated heterocycles. The van der Waals surface area contributed by atoms with E-state index >= 15 is 0 Å². The maximum Gasteiger partial charge on any atom is 0.271 e. The molecule has 0 atom stereocenters. The topological polar surface area (TPSA) is 63.6 Å². The Hall–Kier alpha value is -2.69. The number of amides is 1. The van der Waals surface area contributed by atoms with Crippen molar-refractivity contribution in [2.75, 3.05) is 6.61 Å². The summed E-state index contributed by atoms with van der Waals surface area (Å²) in [4.78, 5) is 16.0. The summed E-state index contributed by atoms with van der Waals surface area (Å²) in [5.74, 6) is 0.520. The zero-order valence-corrected chi connectivity index (χ0v) is 13.9. The van der Waals surface area contributed by atoms with Gasteiger partial charge in [-0.3, -0.25) is 9.78 Å². The van der Waals surface area contributed by atoms with Crippen LogP contribution in [0, 0.1) is 0 Å². The number of unbranched alkanes of at least 4 members (excludes halogenated alkanes) is 3. The van der Waals surface area contributed by atoms with Crippen LogP contribution in [-0.4, -0.2) is 23.7 Å². The van der Waals surface area contributed by atoms with Gasteiger partial charge in [0.2, 0.25) is 0 Å². The Balaban J connectivity index is 1.77. The van der Waals surface area contributed by atoms with Crippen LogP contribution in [0.25, 0.3) is 0 Å². The van der Waals surface area contributed by atoms with Gasteiger partial charge in [-0.15, -0.1) is 0 Å². The molecule has 0 aliphatic heterocycles. The van der Waals surface area contributed by atoms with Crippen LogP contribution in [0.15, 0.2) is 53.9 Å². The lowest BCUT2D eigenvalue weighted by Gasteiger charge is -2.06. The Morgan fingerprint density at radius 1 is 1.21 bits per heavy atom. The van der Waals surface area contributed by atoms with Crippen molar-refractivity contribution in [1.82, 2.24) is 10.4 Å². The Morgan fingerprint density at radius 3 is 2.75 bits per heavy atom. The first kappa shape index (κ1) is 17.7. The highest BCUT2D eigenvalue weighted by molar-refractivity contribution is 5.94. The maximum atomic E-state index is 12.0. The quantitative estimate of drug-likeness (QED) is 0.433. The Kier molecular flexibility index (Phi) is 7.47. The number of hydrogen-bond donors (Lipinski definition) is 1. The number of carbonyl (C=O) groups is 1. The van der Waals surface area contributed by atoms with E-state index in [2.05, 4.69) is 22.4 Å². The zero-order chi connectivity index (χ0) is 17.0. The van der Waals surface area contributed by atoms with Crippen molar-refractivity contribution in [3.8, 4) is 5.75 Å². The average Bonchev–Trinajstić information content (AvgIpc) is 2.63. The molecular weight excluding hydrogens is 302 g/mol. The third kappa shape index (κ3) is 6.20. The Morgan fingerprint density at radius 2 is 2.04 bits per heavy atom. The maximum absolute atomic E-state index is 12.0. The summed E-state index contributed by atoms with van der Waals surface area (Å²) in [5, 5.41) is 3.92. The minimum absolute atomic E-state index is 0.260. The number of benzene rings is 1. The Labute approximate surface area is 142 Å². The van der Waals surface area contributed by atoms with E-state index in [4.69, 9.17) is 4.74 Å². The van der Waals surface area contributed by atoms with Gasteiger partial charge in [0.1, 0.15) is 5.75 Å². The van der Waals surface area contributed by atoms with Crippen molar-refractivity contribution in [2.24, 2.45) is 5.10 Å². The van der Waals surface area contributed by atoms with Crippen molar-refractivity contribution in [1.29, 1.82) is 0 Å². The zero-order valence-electron chi connectivity index (χ0n) is 13.9. The normalized spacial score (nSPS) is 10.7. The first-order valence-electron chi connectivity index (χ1n) is 8.26. The second-order valence-electron chi connectivity index (χ2n) is 5.42. The highest BCUT2D eigenvalue weighted by Gasteiger charge is 2.04. The summed E-state index contributed by atoms with van der Waals surface area (Å²) in [7, 11) is 0. The highest BCUT2D eigenvalue weighted by atomic mass is 16.5. The third-order valence-electron chi connectivity index (χ3n) is 3.45. The van der Waals surface area contributed by atoms with Gasteiger partial charge >= 0.3 is 0 Å². The van der Waals surface area contributed by atoms with E-state index in [-0.39, 0.29) is 5.91 Å². The Bertz CT molecular complexity index is 639. The molecule has 0 radical (unpaired) electrons. The van der Waals surface area contributed by atoms with Gasteiger partial charge in [-0.1, -0.05) is 32.3 Å². The predicted molar refractivity (Wildman–Crippen MR) is 95.4 cm³/mol. The van der Waals surface area contributed by atoms with E-state index in [1.807, 2.05) is 12.1 Å². The summed E-state index contributed by atoms with van der Waals surface area (Å²) in [6, 6.07) is 10.7. The molecule has 24 heavy (non-hydrogen) atoms. The fraction of sp³-hybridized carbons (Fsp3) is 0.316. The first-order chi connectivity index (χ1) is 11.8. The fourth-order valence-corrected chi connectivity index (χ4v) is 2.10. The van der Waals surface area contributed by atoms with Gasteiger partial charge in [0.15, 0.2) is 0 Å². The van der Waals surface area contributed by atoms with Crippen LogP contribution in [0.2, 0.25) is 0 Å². The molecule has 5 nitrogen and oxygen atoms in total. The van der Waals surface area contributed by atoms with Crippen LogP contribution < -0.4 is 10.2 Å². The number of ether oxygens (including phenoxy) is 1. The van der Waals surface area contributed by atoms with Gasteiger partial charge in [-0.25, -0.2) is 5.43 Å². The summed E-state index contributed by atoms with van der Waals surface area (Å²) < 4.78 is 5.66. The van der Waals surface area contributed by atoms with Crippen molar-refractivity contribution < 1.29 is 9.53 Å². The van der Waals surface area contributed by atoms with Crippen molar-refractivity contribution in [3.05, 3.63) is 59.9 Å². The summed E-state index contributed by atoms with van der Waals surface area (Å²) in [5.41, 5.74) is 3.86. The van der Waals surface area contributed by atoms with Crippen LogP contribution in [0.4, 0.5) is 0 Å². The number of aromatic nitrogens is 1.